The zero-order valence-electron chi connectivity index (χ0n) is 19.2. The van der Waals surface area contributed by atoms with Crippen molar-refractivity contribution in [3.05, 3.63) is 89.8 Å². The molecule has 0 bridgehead atoms. The summed E-state index contributed by atoms with van der Waals surface area (Å²) in [6.45, 7) is 2.90. The van der Waals surface area contributed by atoms with E-state index < -0.39 is 0 Å². The van der Waals surface area contributed by atoms with E-state index in [4.69, 9.17) is 9.72 Å². The number of fused-ring (bicyclic) bond motifs is 2. The zero-order chi connectivity index (χ0) is 23.1. The molecule has 0 spiro atoms. The van der Waals surface area contributed by atoms with Crippen LogP contribution in [0.4, 0.5) is 4.39 Å². The zero-order valence-corrected chi connectivity index (χ0v) is 19.2. The molecule has 0 saturated carbocycles. The van der Waals surface area contributed by atoms with Gasteiger partial charge in [-0.1, -0.05) is 12.1 Å². The van der Waals surface area contributed by atoms with Crippen LogP contribution in [0.3, 0.4) is 0 Å². The van der Waals surface area contributed by atoms with Crippen LogP contribution in [0.5, 0.6) is 5.75 Å². The normalized spacial score (nSPS) is 17.4. The first-order chi connectivity index (χ1) is 16.7. The van der Waals surface area contributed by atoms with Crippen molar-refractivity contribution in [2.24, 2.45) is 0 Å². The molecule has 2 aromatic carbocycles. The Balaban J connectivity index is 1.36. The number of nitrogens with zero attached hydrogens (tertiary/aromatic N) is 4. The van der Waals surface area contributed by atoms with Crippen LogP contribution < -0.4 is 4.74 Å². The van der Waals surface area contributed by atoms with Crippen molar-refractivity contribution in [3.8, 4) is 28.3 Å². The van der Waals surface area contributed by atoms with Crippen LogP contribution in [0.2, 0.25) is 0 Å². The molecule has 34 heavy (non-hydrogen) atoms. The average molecular weight is 455 g/mol. The Morgan fingerprint density at radius 2 is 1.82 bits per heavy atom. The van der Waals surface area contributed by atoms with Gasteiger partial charge in [-0.15, -0.1) is 0 Å². The van der Waals surface area contributed by atoms with Gasteiger partial charge in [0.2, 0.25) is 0 Å². The molecule has 172 valence electrons. The molecule has 2 aliphatic heterocycles. The second-order valence-electron chi connectivity index (χ2n) is 9.11. The van der Waals surface area contributed by atoms with Crippen LogP contribution in [0.25, 0.3) is 22.5 Å². The van der Waals surface area contributed by atoms with Gasteiger partial charge in [-0.25, -0.2) is 9.37 Å². The first-order valence-corrected chi connectivity index (χ1v) is 11.9. The number of aryl methyl sites for hydroxylation is 1. The van der Waals surface area contributed by atoms with E-state index in [1.54, 1.807) is 7.11 Å². The number of hydrogen-bond acceptors (Lipinski definition) is 4. The van der Waals surface area contributed by atoms with Crippen molar-refractivity contribution >= 4 is 0 Å². The lowest BCUT2D eigenvalue weighted by Gasteiger charge is -2.32. The molecule has 4 aromatic rings. The summed E-state index contributed by atoms with van der Waals surface area (Å²) in [4.78, 5) is 11.8. The summed E-state index contributed by atoms with van der Waals surface area (Å²) in [5, 5.41) is 0. The molecule has 0 fully saturated rings. The van der Waals surface area contributed by atoms with Gasteiger partial charge in [0.1, 0.15) is 17.4 Å². The Morgan fingerprint density at radius 1 is 1.00 bits per heavy atom. The van der Waals surface area contributed by atoms with E-state index in [0.717, 1.165) is 73.0 Å². The predicted molar refractivity (Wildman–Crippen MR) is 130 cm³/mol. The minimum absolute atomic E-state index is 0.236. The lowest BCUT2D eigenvalue weighted by molar-refractivity contribution is 0.214. The first-order valence-electron chi connectivity index (χ1n) is 11.9. The molecule has 0 aliphatic carbocycles. The molecule has 2 aromatic heterocycles. The highest BCUT2D eigenvalue weighted by Crippen LogP contribution is 2.40. The van der Waals surface area contributed by atoms with Crippen LogP contribution in [0.15, 0.2) is 67.0 Å². The number of aromatic nitrogens is 3. The van der Waals surface area contributed by atoms with Crippen LogP contribution >= 0.6 is 0 Å². The van der Waals surface area contributed by atoms with Gasteiger partial charge < -0.3 is 9.30 Å². The largest absolute Gasteiger partial charge is 0.496 e. The number of hydrogen-bond donors (Lipinski definition) is 0. The Kier molecular flexibility index (Phi) is 5.38. The quantitative estimate of drug-likeness (QED) is 0.410. The van der Waals surface area contributed by atoms with Crippen molar-refractivity contribution in [1.82, 2.24) is 19.4 Å². The number of benzene rings is 2. The lowest BCUT2D eigenvalue weighted by Crippen LogP contribution is -2.35. The molecule has 1 atom stereocenters. The monoisotopic (exact) mass is 454 g/mol. The number of pyridine rings is 1. The van der Waals surface area contributed by atoms with E-state index in [1.165, 1.54) is 23.3 Å². The number of methoxy groups -OCH3 is 1. The maximum Gasteiger partial charge on any atom is 0.123 e. The summed E-state index contributed by atoms with van der Waals surface area (Å²) < 4.78 is 21.7. The molecule has 6 heteroatoms. The summed E-state index contributed by atoms with van der Waals surface area (Å²) in [6.07, 6.45) is 6.69. The SMILES string of the molecule is COc1cccc2c1CN(CC1CCc3nc(-c4ccc(F)cc4)c(-c4ccncc4)n31)CC2. The molecule has 4 heterocycles. The topological polar surface area (TPSA) is 43.2 Å². The third kappa shape index (κ3) is 3.68. The van der Waals surface area contributed by atoms with Gasteiger partial charge in [-0.05, 0) is 60.9 Å². The van der Waals surface area contributed by atoms with E-state index in [0.29, 0.717) is 6.04 Å². The second kappa shape index (κ2) is 8.69. The molecular formula is C28H27FN4O. The number of halogens is 1. The van der Waals surface area contributed by atoms with Crippen LogP contribution in [-0.4, -0.2) is 39.6 Å². The van der Waals surface area contributed by atoms with E-state index in [1.807, 2.05) is 36.7 Å². The van der Waals surface area contributed by atoms with Crippen molar-refractivity contribution in [2.75, 3.05) is 20.2 Å². The second-order valence-corrected chi connectivity index (χ2v) is 9.11. The predicted octanol–water partition coefficient (Wildman–Crippen LogP) is 5.31. The minimum Gasteiger partial charge on any atom is -0.496 e. The van der Waals surface area contributed by atoms with Crippen molar-refractivity contribution < 1.29 is 9.13 Å². The molecule has 1 unspecified atom stereocenters. The van der Waals surface area contributed by atoms with Crippen molar-refractivity contribution in [1.29, 1.82) is 0 Å². The molecule has 5 nitrogen and oxygen atoms in total. The van der Waals surface area contributed by atoms with E-state index in [-0.39, 0.29) is 5.82 Å². The van der Waals surface area contributed by atoms with Crippen molar-refractivity contribution in [3.63, 3.8) is 0 Å². The standard InChI is InChI=1S/C28H27FN4O/c1-34-25-4-2-3-19-13-16-32(18-24(19)25)17-23-9-10-26-31-27(20-5-7-22(29)8-6-20)28(33(23)26)21-11-14-30-15-12-21/h2-8,11-12,14-15,23H,9-10,13,16-18H2,1H3. The Labute approximate surface area is 198 Å². The van der Waals surface area contributed by atoms with Crippen LogP contribution in [0.1, 0.15) is 29.4 Å². The van der Waals surface area contributed by atoms with Gasteiger partial charge in [0, 0.05) is 61.2 Å². The molecule has 0 radical (unpaired) electrons. The summed E-state index contributed by atoms with van der Waals surface area (Å²) in [7, 11) is 1.75. The lowest BCUT2D eigenvalue weighted by atomic mass is 9.98. The van der Waals surface area contributed by atoms with Crippen LogP contribution in [0, 0.1) is 5.82 Å². The van der Waals surface area contributed by atoms with E-state index in [2.05, 4.69) is 32.7 Å². The average Bonchev–Trinajstić information content (AvgIpc) is 3.44. The fourth-order valence-corrected chi connectivity index (χ4v) is 5.49. The maximum absolute atomic E-state index is 13.6. The first kappa shape index (κ1) is 21.1. The third-order valence-corrected chi connectivity index (χ3v) is 7.12. The van der Waals surface area contributed by atoms with Gasteiger partial charge in [-0.2, -0.15) is 0 Å². The Hall–Kier alpha value is -3.51. The molecule has 2 aliphatic rings. The Morgan fingerprint density at radius 3 is 2.62 bits per heavy atom. The summed E-state index contributed by atoms with van der Waals surface area (Å²) >= 11 is 0. The van der Waals surface area contributed by atoms with Gasteiger partial charge in [-0.3, -0.25) is 9.88 Å². The highest BCUT2D eigenvalue weighted by Gasteiger charge is 2.32. The number of imidazole rings is 1. The maximum atomic E-state index is 13.6. The van der Waals surface area contributed by atoms with Gasteiger partial charge in [0.15, 0.2) is 0 Å². The number of ether oxygens (including phenoxy) is 1. The third-order valence-electron chi connectivity index (χ3n) is 7.12. The summed E-state index contributed by atoms with van der Waals surface area (Å²) in [5.41, 5.74) is 6.73. The molecule has 6 rings (SSSR count). The number of rotatable bonds is 5. The molecule has 0 amide bonds. The molecular weight excluding hydrogens is 427 g/mol. The Bertz CT molecular complexity index is 1300. The van der Waals surface area contributed by atoms with E-state index >= 15 is 0 Å². The highest BCUT2D eigenvalue weighted by molar-refractivity contribution is 5.79. The fourth-order valence-electron chi connectivity index (χ4n) is 5.49. The fraction of sp³-hybridized carbons (Fsp3) is 0.286. The van der Waals surface area contributed by atoms with Crippen LogP contribution in [-0.2, 0) is 19.4 Å². The molecule has 0 N–H and O–H groups in total. The summed E-state index contributed by atoms with van der Waals surface area (Å²) in [5.74, 6) is 1.85. The highest BCUT2D eigenvalue weighted by atomic mass is 19.1. The van der Waals surface area contributed by atoms with E-state index in [9.17, 15) is 4.39 Å². The smallest absolute Gasteiger partial charge is 0.123 e. The van der Waals surface area contributed by atoms with Gasteiger partial charge in [0.25, 0.3) is 0 Å². The molecule has 0 saturated heterocycles. The van der Waals surface area contributed by atoms with Crippen molar-refractivity contribution in [2.45, 2.75) is 31.8 Å². The van der Waals surface area contributed by atoms with Gasteiger partial charge >= 0.3 is 0 Å². The minimum atomic E-state index is -0.236. The summed E-state index contributed by atoms with van der Waals surface area (Å²) in [6, 6.07) is 17.4. The van der Waals surface area contributed by atoms with Gasteiger partial charge in [0.05, 0.1) is 18.5 Å².